The first-order valence-electron chi connectivity index (χ1n) is 14.3. The van der Waals surface area contributed by atoms with Crippen LogP contribution in [0.5, 0.6) is 0 Å². The highest BCUT2D eigenvalue weighted by atomic mass is 16.1. The second kappa shape index (κ2) is 16.8. The summed E-state index contributed by atoms with van der Waals surface area (Å²) in [6, 6.07) is 17.2. The van der Waals surface area contributed by atoms with Crippen molar-refractivity contribution in [1.29, 1.82) is 0 Å². The molecule has 1 aliphatic heterocycles. The minimum atomic E-state index is -0.653. The molecule has 4 heteroatoms. The van der Waals surface area contributed by atoms with Crippen LogP contribution >= 0.6 is 0 Å². The zero-order valence-corrected chi connectivity index (χ0v) is 25.7. The molecule has 210 valence electrons. The van der Waals surface area contributed by atoms with Crippen LogP contribution in [-0.4, -0.2) is 51.0 Å². The molecule has 0 fully saturated rings. The smallest absolute Gasteiger partial charge is 0.146 e. The molecule has 0 saturated heterocycles. The van der Waals surface area contributed by atoms with E-state index in [1.54, 1.807) is 0 Å². The van der Waals surface area contributed by atoms with Gasteiger partial charge in [0.2, 0.25) is 0 Å². The van der Waals surface area contributed by atoms with Crippen LogP contribution in [0.2, 0.25) is 0 Å². The number of rotatable bonds is 10. The van der Waals surface area contributed by atoms with Crippen molar-refractivity contribution in [3.63, 3.8) is 0 Å². The Labute approximate surface area is 234 Å². The van der Waals surface area contributed by atoms with Crippen molar-refractivity contribution in [2.75, 3.05) is 38.0 Å². The van der Waals surface area contributed by atoms with Crippen molar-refractivity contribution >= 4 is 17.7 Å². The number of allylic oxidation sites excluding steroid dienone is 2. The van der Waals surface area contributed by atoms with Crippen molar-refractivity contribution in [3.05, 3.63) is 84.1 Å². The zero-order valence-electron chi connectivity index (χ0n) is 25.7. The number of benzene rings is 2. The summed E-state index contributed by atoms with van der Waals surface area (Å²) in [5.41, 5.74) is 3.98. The topological polar surface area (TPSA) is 26.8 Å². The van der Waals surface area contributed by atoms with Gasteiger partial charge in [0.05, 0.1) is 0 Å². The fourth-order valence-electron chi connectivity index (χ4n) is 4.36. The highest BCUT2D eigenvalue weighted by molar-refractivity contribution is 5.67. The molecular formula is C34H53N3O. The van der Waals surface area contributed by atoms with E-state index < -0.39 is 5.54 Å². The van der Waals surface area contributed by atoms with Gasteiger partial charge in [0.15, 0.2) is 0 Å². The number of carbonyl (C=O) groups is 1. The molecule has 38 heavy (non-hydrogen) atoms. The molecule has 0 aliphatic carbocycles. The van der Waals surface area contributed by atoms with Gasteiger partial charge in [0.1, 0.15) is 11.8 Å². The molecule has 0 N–H and O–H groups in total. The van der Waals surface area contributed by atoms with Crippen LogP contribution in [0.15, 0.2) is 73.0 Å². The van der Waals surface area contributed by atoms with E-state index in [-0.39, 0.29) is 6.04 Å². The van der Waals surface area contributed by atoms with Crippen LogP contribution in [-0.2, 0) is 17.6 Å². The molecule has 1 aliphatic rings. The van der Waals surface area contributed by atoms with Crippen LogP contribution in [0, 0.1) is 5.92 Å². The lowest BCUT2D eigenvalue weighted by atomic mass is 9.83. The quantitative estimate of drug-likeness (QED) is 0.299. The second-order valence-corrected chi connectivity index (χ2v) is 10.5. The summed E-state index contributed by atoms with van der Waals surface area (Å²) in [6.45, 7) is 12.9. The average molecular weight is 520 g/mol. The van der Waals surface area contributed by atoms with E-state index in [0.29, 0.717) is 12.8 Å². The molecule has 0 radical (unpaired) electrons. The number of anilines is 2. The molecular weight excluding hydrogens is 466 g/mol. The zero-order chi connectivity index (χ0) is 28.7. The molecule has 0 saturated carbocycles. The second-order valence-electron chi connectivity index (χ2n) is 10.5. The van der Waals surface area contributed by atoms with E-state index in [1.807, 2.05) is 48.1 Å². The molecule has 2 aromatic rings. The van der Waals surface area contributed by atoms with Crippen LogP contribution in [0.3, 0.4) is 0 Å². The number of hydrogen-bond donors (Lipinski definition) is 0. The van der Waals surface area contributed by atoms with Crippen molar-refractivity contribution < 1.29 is 4.79 Å². The van der Waals surface area contributed by atoms with Gasteiger partial charge in [0.25, 0.3) is 0 Å². The van der Waals surface area contributed by atoms with Gasteiger partial charge in [-0.1, -0.05) is 83.9 Å². The monoisotopic (exact) mass is 519 g/mol. The summed E-state index contributed by atoms with van der Waals surface area (Å²) < 4.78 is 0. The van der Waals surface area contributed by atoms with Crippen LogP contribution < -0.4 is 9.80 Å². The summed E-state index contributed by atoms with van der Waals surface area (Å²) in [5.74, 6) is 0.935. The van der Waals surface area contributed by atoms with Gasteiger partial charge >= 0.3 is 0 Å². The Kier molecular flexibility index (Phi) is 14.6. The number of aldehydes is 1. The molecule has 1 unspecified atom stereocenters. The highest BCUT2D eigenvalue weighted by Crippen LogP contribution is 2.30. The van der Waals surface area contributed by atoms with Gasteiger partial charge in [-0.2, -0.15) is 0 Å². The van der Waals surface area contributed by atoms with Crippen LogP contribution in [0.1, 0.15) is 65.5 Å². The third-order valence-corrected chi connectivity index (χ3v) is 7.24. The number of hydrogen-bond acceptors (Lipinski definition) is 4. The van der Waals surface area contributed by atoms with Crippen molar-refractivity contribution in [1.82, 2.24) is 4.90 Å². The Morgan fingerprint density at radius 2 is 1.24 bits per heavy atom. The summed E-state index contributed by atoms with van der Waals surface area (Å²) in [7, 11) is 8.15. The van der Waals surface area contributed by atoms with Crippen molar-refractivity contribution in [2.45, 2.75) is 78.8 Å². The van der Waals surface area contributed by atoms with E-state index in [0.717, 1.165) is 34.7 Å². The molecule has 0 aromatic heterocycles. The lowest BCUT2D eigenvalue weighted by Gasteiger charge is -2.44. The Morgan fingerprint density at radius 3 is 1.53 bits per heavy atom. The van der Waals surface area contributed by atoms with Crippen molar-refractivity contribution in [3.8, 4) is 0 Å². The predicted octanol–water partition coefficient (Wildman–Crippen LogP) is 7.78. The maximum Gasteiger partial charge on any atom is 0.146 e. The van der Waals surface area contributed by atoms with E-state index in [4.69, 9.17) is 0 Å². The summed E-state index contributed by atoms with van der Waals surface area (Å²) in [4.78, 5) is 19.1. The number of carbonyl (C=O) groups excluding carboxylic acids is 1. The molecule has 2 aromatic carbocycles. The first-order chi connectivity index (χ1) is 18.2. The van der Waals surface area contributed by atoms with E-state index >= 15 is 0 Å². The SMILES string of the molecule is CC.CC1C=CC=CN1C(C=O)(Cc1ccc(N(C)C)cc1)Cc1ccc(N(C)C)cc1.CCC(C)CC. The third-order valence-electron chi connectivity index (χ3n) is 7.24. The third kappa shape index (κ3) is 9.70. The first kappa shape index (κ1) is 33.0. The molecule has 3 rings (SSSR count). The minimum absolute atomic E-state index is 0.155. The van der Waals surface area contributed by atoms with Gasteiger partial charge in [-0.05, 0) is 54.3 Å². The lowest BCUT2D eigenvalue weighted by Crippen LogP contribution is -2.54. The average Bonchev–Trinajstić information content (AvgIpc) is 2.94. The van der Waals surface area contributed by atoms with Gasteiger partial charge in [-0.25, -0.2) is 0 Å². The number of nitrogens with zero attached hydrogens (tertiary/aromatic N) is 3. The molecule has 0 bridgehead atoms. The fourth-order valence-corrected chi connectivity index (χ4v) is 4.36. The molecule has 1 atom stereocenters. The largest absolute Gasteiger partial charge is 0.378 e. The summed E-state index contributed by atoms with van der Waals surface area (Å²) in [6.07, 6.45) is 13.4. The van der Waals surface area contributed by atoms with Gasteiger partial charge in [0, 0.05) is 64.6 Å². The minimum Gasteiger partial charge on any atom is -0.378 e. The van der Waals surface area contributed by atoms with Gasteiger partial charge in [-0.3, -0.25) is 0 Å². The summed E-state index contributed by atoms with van der Waals surface area (Å²) in [5, 5.41) is 0. The normalized spacial score (nSPS) is 14.3. The summed E-state index contributed by atoms with van der Waals surface area (Å²) >= 11 is 0. The highest BCUT2D eigenvalue weighted by Gasteiger charge is 2.38. The molecule has 4 nitrogen and oxygen atoms in total. The van der Waals surface area contributed by atoms with E-state index in [2.05, 4.69) is 109 Å². The predicted molar refractivity (Wildman–Crippen MR) is 168 cm³/mol. The van der Waals surface area contributed by atoms with E-state index in [1.165, 1.54) is 12.8 Å². The maximum atomic E-state index is 12.7. The Hall–Kier alpha value is -3.01. The first-order valence-corrected chi connectivity index (χ1v) is 14.3. The Bertz CT molecular complexity index is 916. The van der Waals surface area contributed by atoms with Gasteiger partial charge < -0.3 is 19.5 Å². The fraction of sp³-hybridized carbons (Fsp3) is 0.500. The van der Waals surface area contributed by atoms with Gasteiger partial charge in [-0.15, -0.1) is 0 Å². The maximum absolute atomic E-state index is 12.7. The Morgan fingerprint density at radius 1 is 0.816 bits per heavy atom. The van der Waals surface area contributed by atoms with Crippen LogP contribution in [0.4, 0.5) is 11.4 Å². The lowest BCUT2D eigenvalue weighted by molar-refractivity contribution is -0.117. The Balaban J connectivity index is 0.000000795. The molecule has 0 spiro atoms. The van der Waals surface area contributed by atoms with E-state index in [9.17, 15) is 4.79 Å². The van der Waals surface area contributed by atoms with Crippen LogP contribution in [0.25, 0.3) is 0 Å². The van der Waals surface area contributed by atoms with Crippen molar-refractivity contribution in [2.24, 2.45) is 5.92 Å². The standard InChI is InChI=1S/C26H33N3O.C6H14.C2H6/c1-21-8-6-7-17-29(21)26(20-30,18-22-9-13-24(14-10-22)27(2)3)19-23-11-15-25(16-12-23)28(4)5;1-4-6(3)5-2;1-2/h6-17,20-21H,18-19H2,1-5H3;6H,4-5H2,1-3H3;1-2H3. The molecule has 0 amide bonds. The molecule has 1 heterocycles.